The molecule has 5 rings (SSSR count). The van der Waals surface area contributed by atoms with Gasteiger partial charge in [-0.1, -0.05) is 18.2 Å². The Balaban J connectivity index is 1.16. The van der Waals surface area contributed by atoms with Gasteiger partial charge in [0, 0.05) is 62.0 Å². The van der Waals surface area contributed by atoms with E-state index in [4.69, 9.17) is 13.8 Å². The molecule has 1 aliphatic heterocycles. The summed E-state index contributed by atoms with van der Waals surface area (Å²) >= 11 is 0. The number of furan rings is 1. The normalized spacial score (nSPS) is 15.1. The number of amides is 1. The third-order valence-corrected chi connectivity index (χ3v) is 6.62. The predicted octanol–water partition coefficient (Wildman–Crippen LogP) is 4.93. The molecule has 3 heterocycles. The van der Waals surface area contributed by atoms with Crippen molar-refractivity contribution in [1.82, 2.24) is 15.2 Å². The number of oxazole rings is 1. The number of nitrogens with zero attached hydrogens (tertiary/aromatic N) is 3. The van der Waals surface area contributed by atoms with Crippen molar-refractivity contribution < 1.29 is 13.6 Å². The number of hydrogen-bond acceptors (Lipinski definition) is 6. The summed E-state index contributed by atoms with van der Waals surface area (Å²) in [5.41, 5.74) is 3.70. The minimum atomic E-state index is -0.112. The lowest BCUT2D eigenvalue weighted by molar-refractivity contribution is 0.0939. The highest BCUT2D eigenvalue weighted by Crippen LogP contribution is 2.24. The van der Waals surface area contributed by atoms with E-state index in [-0.39, 0.29) is 11.9 Å². The molecular weight excluding hydrogens is 452 g/mol. The summed E-state index contributed by atoms with van der Waals surface area (Å²) in [7, 11) is 0. The van der Waals surface area contributed by atoms with E-state index in [0.29, 0.717) is 17.9 Å². The van der Waals surface area contributed by atoms with Crippen molar-refractivity contribution in [2.24, 2.45) is 0 Å². The number of aromatic nitrogens is 1. The van der Waals surface area contributed by atoms with Crippen LogP contribution in [0.1, 0.15) is 34.5 Å². The van der Waals surface area contributed by atoms with Crippen LogP contribution in [0, 0.1) is 6.92 Å². The number of carbonyl (C=O) groups is 1. The first-order chi connectivity index (χ1) is 17.5. The number of anilines is 1. The Kier molecular flexibility index (Phi) is 7.18. The molecule has 36 heavy (non-hydrogen) atoms. The van der Waals surface area contributed by atoms with Crippen LogP contribution in [0.15, 0.2) is 81.8 Å². The van der Waals surface area contributed by atoms with Crippen LogP contribution < -0.4 is 10.2 Å². The number of piperazine rings is 1. The average Bonchev–Trinajstić information content (AvgIpc) is 3.54. The van der Waals surface area contributed by atoms with Crippen molar-refractivity contribution in [3.05, 3.63) is 95.8 Å². The second kappa shape index (κ2) is 10.8. The van der Waals surface area contributed by atoms with Crippen molar-refractivity contribution in [3.63, 3.8) is 0 Å². The maximum atomic E-state index is 12.6. The second-order valence-corrected chi connectivity index (χ2v) is 9.36. The van der Waals surface area contributed by atoms with E-state index < -0.39 is 0 Å². The van der Waals surface area contributed by atoms with Gasteiger partial charge in [-0.2, -0.15) is 0 Å². The van der Waals surface area contributed by atoms with Gasteiger partial charge >= 0.3 is 0 Å². The van der Waals surface area contributed by atoms with Gasteiger partial charge in [0.2, 0.25) is 5.89 Å². The summed E-state index contributed by atoms with van der Waals surface area (Å²) < 4.78 is 11.4. The van der Waals surface area contributed by atoms with Gasteiger partial charge in [0.05, 0.1) is 12.0 Å². The quantitative estimate of drug-likeness (QED) is 0.382. The van der Waals surface area contributed by atoms with Gasteiger partial charge in [-0.05, 0) is 62.4 Å². The van der Waals surface area contributed by atoms with Gasteiger partial charge < -0.3 is 19.1 Å². The van der Waals surface area contributed by atoms with E-state index in [2.05, 4.69) is 45.4 Å². The van der Waals surface area contributed by atoms with Gasteiger partial charge in [-0.15, -0.1) is 0 Å². The monoisotopic (exact) mass is 484 g/mol. The maximum absolute atomic E-state index is 12.6. The van der Waals surface area contributed by atoms with Gasteiger partial charge in [0.25, 0.3) is 5.91 Å². The van der Waals surface area contributed by atoms with Crippen molar-refractivity contribution >= 4 is 11.6 Å². The van der Waals surface area contributed by atoms with Crippen LogP contribution in [0.4, 0.5) is 5.69 Å². The molecule has 2 aromatic heterocycles. The standard InChI is InChI=1S/C29H32N4O3/c1-21(19-26-9-6-18-35-26)30-28(34)23-10-12-24(13-11-23)29-31-27(22(2)36-29)20-32-14-16-33(17-15-32)25-7-4-3-5-8-25/h3-13,18,21H,14-17,19-20H2,1-2H3,(H,30,34)/t21-/m1/s1. The molecular formula is C29H32N4O3. The van der Waals surface area contributed by atoms with Gasteiger partial charge in [0.15, 0.2) is 0 Å². The van der Waals surface area contributed by atoms with E-state index in [1.807, 2.05) is 50.2 Å². The first-order valence-electron chi connectivity index (χ1n) is 12.5. The highest BCUT2D eigenvalue weighted by atomic mass is 16.4. The average molecular weight is 485 g/mol. The first-order valence-corrected chi connectivity index (χ1v) is 12.5. The van der Waals surface area contributed by atoms with Crippen LogP contribution in [0.3, 0.4) is 0 Å². The van der Waals surface area contributed by atoms with E-state index in [0.717, 1.165) is 55.5 Å². The third kappa shape index (κ3) is 5.69. The molecule has 1 fully saturated rings. The topological polar surface area (TPSA) is 74.8 Å². The van der Waals surface area contributed by atoms with Crippen LogP contribution in [0.25, 0.3) is 11.5 Å². The molecule has 7 heteroatoms. The number of rotatable bonds is 8. The Hall–Kier alpha value is -3.84. The molecule has 7 nitrogen and oxygen atoms in total. The zero-order valence-electron chi connectivity index (χ0n) is 20.8. The molecule has 0 unspecified atom stereocenters. The molecule has 1 N–H and O–H groups in total. The zero-order valence-corrected chi connectivity index (χ0v) is 20.8. The number of para-hydroxylation sites is 1. The SMILES string of the molecule is Cc1oc(-c2ccc(C(=O)N[C@H](C)Cc3ccco3)cc2)nc1CN1CCN(c2ccccc2)CC1. The number of nitrogens with one attached hydrogen (secondary N) is 1. The molecule has 0 bridgehead atoms. The Bertz CT molecular complexity index is 1260. The predicted molar refractivity (Wildman–Crippen MR) is 140 cm³/mol. The van der Waals surface area contributed by atoms with Crippen LogP contribution in [0.2, 0.25) is 0 Å². The highest BCUT2D eigenvalue weighted by Gasteiger charge is 2.20. The van der Waals surface area contributed by atoms with Crippen molar-refractivity contribution in [1.29, 1.82) is 0 Å². The Morgan fingerprint density at radius 2 is 1.75 bits per heavy atom. The van der Waals surface area contributed by atoms with Crippen LogP contribution >= 0.6 is 0 Å². The lowest BCUT2D eigenvalue weighted by Gasteiger charge is -2.35. The summed E-state index contributed by atoms with van der Waals surface area (Å²) in [6.07, 6.45) is 2.29. The smallest absolute Gasteiger partial charge is 0.251 e. The van der Waals surface area contributed by atoms with Gasteiger partial charge in [-0.25, -0.2) is 4.98 Å². The number of hydrogen-bond donors (Lipinski definition) is 1. The number of aryl methyl sites for hydroxylation is 1. The fraction of sp³-hybridized carbons (Fsp3) is 0.310. The molecule has 0 aliphatic carbocycles. The Morgan fingerprint density at radius 1 is 1.00 bits per heavy atom. The molecule has 186 valence electrons. The fourth-order valence-electron chi connectivity index (χ4n) is 4.57. The van der Waals surface area contributed by atoms with Gasteiger partial charge in [0.1, 0.15) is 11.5 Å². The first kappa shape index (κ1) is 23.9. The van der Waals surface area contributed by atoms with E-state index >= 15 is 0 Å². The van der Waals surface area contributed by atoms with Crippen LogP contribution in [0.5, 0.6) is 0 Å². The molecule has 1 atom stereocenters. The van der Waals surface area contributed by atoms with Crippen LogP contribution in [-0.4, -0.2) is 48.0 Å². The third-order valence-electron chi connectivity index (χ3n) is 6.62. The zero-order chi connectivity index (χ0) is 24.9. The van der Waals surface area contributed by atoms with Crippen molar-refractivity contribution in [3.8, 4) is 11.5 Å². The van der Waals surface area contributed by atoms with Gasteiger partial charge in [-0.3, -0.25) is 9.69 Å². The maximum Gasteiger partial charge on any atom is 0.251 e. The Labute approximate surface area is 211 Å². The van der Waals surface area contributed by atoms with Crippen molar-refractivity contribution in [2.45, 2.75) is 32.9 Å². The lowest BCUT2D eigenvalue weighted by atomic mass is 10.1. The van der Waals surface area contributed by atoms with E-state index in [1.165, 1.54) is 5.69 Å². The molecule has 1 aliphatic rings. The minimum absolute atomic E-state index is 0.0326. The molecule has 0 saturated carbocycles. The van der Waals surface area contributed by atoms with Crippen molar-refractivity contribution in [2.75, 3.05) is 31.1 Å². The number of carbonyl (C=O) groups excluding carboxylic acids is 1. The summed E-state index contributed by atoms with van der Waals surface area (Å²) in [5, 5.41) is 3.02. The van der Waals surface area contributed by atoms with E-state index in [9.17, 15) is 4.79 Å². The Morgan fingerprint density at radius 3 is 2.44 bits per heavy atom. The summed E-state index contributed by atoms with van der Waals surface area (Å²) in [6, 6.07) is 21.7. The minimum Gasteiger partial charge on any atom is -0.469 e. The number of benzene rings is 2. The molecule has 0 radical (unpaired) electrons. The largest absolute Gasteiger partial charge is 0.469 e. The summed E-state index contributed by atoms with van der Waals surface area (Å²) in [6.45, 7) is 8.67. The van der Waals surface area contributed by atoms with Crippen LogP contribution in [-0.2, 0) is 13.0 Å². The molecule has 0 spiro atoms. The fourth-order valence-corrected chi connectivity index (χ4v) is 4.57. The highest BCUT2D eigenvalue weighted by molar-refractivity contribution is 5.94. The molecule has 4 aromatic rings. The molecule has 1 saturated heterocycles. The van der Waals surface area contributed by atoms with E-state index in [1.54, 1.807) is 6.26 Å². The summed E-state index contributed by atoms with van der Waals surface area (Å²) in [5.74, 6) is 2.17. The summed E-state index contributed by atoms with van der Waals surface area (Å²) in [4.78, 5) is 22.3. The second-order valence-electron chi connectivity index (χ2n) is 9.36. The molecule has 2 aromatic carbocycles. The molecule has 1 amide bonds. The lowest BCUT2D eigenvalue weighted by Crippen LogP contribution is -2.46.